The van der Waals surface area contributed by atoms with Crippen LogP contribution in [-0.4, -0.2) is 27.6 Å². The summed E-state index contributed by atoms with van der Waals surface area (Å²) in [6.45, 7) is 0.419. The molecule has 0 spiro atoms. The molecule has 0 aliphatic carbocycles. The average Bonchev–Trinajstić information content (AvgIpc) is 3.21. The van der Waals surface area contributed by atoms with E-state index >= 15 is 0 Å². The normalized spacial score (nSPS) is 15.7. The molecule has 1 saturated heterocycles. The van der Waals surface area contributed by atoms with Crippen molar-refractivity contribution in [3.63, 3.8) is 0 Å². The molecule has 0 bridgehead atoms. The van der Waals surface area contributed by atoms with E-state index in [1.165, 1.54) is 11.8 Å². The van der Waals surface area contributed by atoms with Gasteiger partial charge in [0.05, 0.1) is 15.6 Å². The Balaban J connectivity index is 1.52. The summed E-state index contributed by atoms with van der Waals surface area (Å²) < 4.78 is 0.532. The fourth-order valence-corrected chi connectivity index (χ4v) is 4.58. The molecule has 4 nitrogen and oxygen atoms in total. The summed E-state index contributed by atoms with van der Waals surface area (Å²) in [4.78, 5) is 27.7. The van der Waals surface area contributed by atoms with Crippen molar-refractivity contribution in [1.29, 1.82) is 0 Å². The molecule has 2 amide bonds. The smallest absolute Gasteiger partial charge is 0.266 e. The third-order valence-electron chi connectivity index (χ3n) is 3.62. The number of carbonyl (C=O) groups excluding carboxylic acids is 2. The van der Waals surface area contributed by atoms with Crippen LogP contribution in [0.15, 0.2) is 46.7 Å². The number of para-hydroxylation sites is 1. The predicted molar refractivity (Wildman–Crippen MR) is 114 cm³/mol. The van der Waals surface area contributed by atoms with Crippen LogP contribution in [0.5, 0.6) is 0 Å². The molecule has 3 rings (SSSR count). The van der Waals surface area contributed by atoms with Crippen LogP contribution in [0.2, 0.25) is 5.02 Å². The third-order valence-corrected chi connectivity index (χ3v) is 6.15. The summed E-state index contributed by atoms with van der Waals surface area (Å²) in [6, 6.07) is 11.0. The van der Waals surface area contributed by atoms with Gasteiger partial charge in [-0.2, -0.15) is 0 Å². The van der Waals surface area contributed by atoms with Crippen molar-refractivity contribution in [1.82, 2.24) is 4.90 Å². The summed E-state index contributed by atoms with van der Waals surface area (Å²) in [5.74, 6) is -0.238. The van der Waals surface area contributed by atoms with Crippen molar-refractivity contribution in [2.75, 3.05) is 11.9 Å². The van der Waals surface area contributed by atoms with Crippen LogP contribution in [0.25, 0.3) is 6.08 Å². The molecule has 2 aromatic rings. The number of halogens is 1. The van der Waals surface area contributed by atoms with Crippen molar-refractivity contribution in [2.24, 2.45) is 0 Å². The maximum absolute atomic E-state index is 12.5. The largest absolute Gasteiger partial charge is 0.325 e. The lowest BCUT2D eigenvalue weighted by atomic mass is 10.2. The van der Waals surface area contributed by atoms with Gasteiger partial charge in [0.2, 0.25) is 5.91 Å². The molecule has 0 unspecified atom stereocenters. The highest BCUT2D eigenvalue weighted by Gasteiger charge is 2.31. The van der Waals surface area contributed by atoms with E-state index in [-0.39, 0.29) is 18.2 Å². The van der Waals surface area contributed by atoms with E-state index in [2.05, 4.69) is 5.32 Å². The zero-order valence-electron chi connectivity index (χ0n) is 13.6. The number of carbonyl (C=O) groups is 2. The number of rotatable bonds is 6. The quantitative estimate of drug-likeness (QED) is 0.524. The minimum atomic E-state index is -0.141. The lowest BCUT2D eigenvalue weighted by molar-refractivity contribution is -0.122. The maximum Gasteiger partial charge on any atom is 0.266 e. The molecular formula is C18H15ClN2O2S3. The zero-order chi connectivity index (χ0) is 18.5. The van der Waals surface area contributed by atoms with Crippen LogP contribution in [0.1, 0.15) is 17.7 Å². The molecule has 1 aromatic carbocycles. The molecule has 1 fully saturated rings. The van der Waals surface area contributed by atoms with E-state index in [0.29, 0.717) is 32.9 Å². The Kier molecular flexibility index (Phi) is 6.48. The van der Waals surface area contributed by atoms with Crippen LogP contribution in [0.3, 0.4) is 0 Å². The minimum Gasteiger partial charge on any atom is -0.325 e. The Bertz CT molecular complexity index is 865. The average molecular weight is 423 g/mol. The molecule has 134 valence electrons. The van der Waals surface area contributed by atoms with Gasteiger partial charge in [0, 0.05) is 17.8 Å². The summed E-state index contributed by atoms with van der Waals surface area (Å²) in [7, 11) is 0. The zero-order valence-corrected chi connectivity index (χ0v) is 16.8. The Labute approximate surface area is 170 Å². The van der Waals surface area contributed by atoms with E-state index < -0.39 is 0 Å². The van der Waals surface area contributed by atoms with Crippen molar-refractivity contribution < 1.29 is 9.59 Å². The summed E-state index contributed by atoms with van der Waals surface area (Å²) in [5.41, 5.74) is 0.587. The predicted octanol–water partition coefficient (Wildman–Crippen LogP) is 5.02. The summed E-state index contributed by atoms with van der Waals surface area (Å²) in [6.07, 6.45) is 2.66. The molecule has 1 aliphatic rings. The van der Waals surface area contributed by atoms with Crippen molar-refractivity contribution in [3.05, 3.63) is 56.6 Å². The fraction of sp³-hybridized carbons (Fsp3) is 0.167. The first-order chi connectivity index (χ1) is 12.5. The second kappa shape index (κ2) is 8.81. The highest BCUT2D eigenvalue weighted by atomic mass is 35.5. The van der Waals surface area contributed by atoms with Crippen molar-refractivity contribution >= 4 is 74.8 Å². The molecule has 26 heavy (non-hydrogen) atoms. The number of thiocarbonyl (C=S) groups is 1. The second-order valence-corrected chi connectivity index (χ2v) is 8.54. The van der Waals surface area contributed by atoms with Gasteiger partial charge in [-0.1, -0.05) is 53.8 Å². The highest BCUT2D eigenvalue weighted by molar-refractivity contribution is 8.26. The summed E-state index contributed by atoms with van der Waals surface area (Å²) in [5, 5.41) is 5.23. The third kappa shape index (κ3) is 4.73. The van der Waals surface area contributed by atoms with E-state index in [1.54, 1.807) is 34.4 Å². The van der Waals surface area contributed by atoms with Gasteiger partial charge in [-0.3, -0.25) is 14.5 Å². The fourth-order valence-electron chi connectivity index (χ4n) is 2.37. The van der Waals surface area contributed by atoms with Gasteiger partial charge >= 0.3 is 0 Å². The standard InChI is InChI=1S/C18H15ClN2O2S3/c19-13-6-1-2-7-14(13)20-16(22)8-3-9-21-17(23)15(26-18(21)24)11-12-5-4-10-25-12/h1-2,4-7,10-11H,3,8-9H2,(H,20,22)/b15-11+. The lowest BCUT2D eigenvalue weighted by Gasteiger charge is -2.14. The first-order valence-electron chi connectivity index (χ1n) is 7.88. The number of nitrogens with zero attached hydrogens (tertiary/aromatic N) is 1. The molecule has 0 atom stereocenters. The summed E-state index contributed by atoms with van der Waals surface area (Å²) >= 11 is 14.2. The maximum atomic E-state index is 12.5. The number of benzene rings is 1. The van der Waals surface area contributed by atoms with Crippen LogP contribution < -0.4 is 5.32 Å². The molecule has 0 saturated carbocycles. The Morgan fingerprint density at radius 1 is 1.27 bits per heavy atom. The Morgan fingerprint density at radius 3 is 2.81 bits per heavy atom. The monoisotopic (exact) mass is 422 g/mol. The van der Waals surface area contributed by atoms with Gasteiger partial charge < -0.3 is 5.32 Å². The van der Waals surface area contributed by atoms with Crippen LogP contribution in [-0.2, 0) is 9.59 Å². The number of hydrogen-bond acceptors (Lipinski definition) is 5. The number of thiophene rings is 1. The van der Waals surface area contributed by atoms with E-state index in [1.807, 2.05) is 29.7 Å². The molecule has 2 heterocycles. The molecule has 1 N–H and O–H groups in total. The van der Waals surface area contributed by atoms with Crippen LogP contribution >= 0.6 is 46.9 Å². The second-order valence-electron chi connectivity index (χ2n) is 5.48. The molecular weight excluding hydrogens is 408 g/mol. The molecule has 8 heteroatoms. The van der Waals surface area contributed by atoms with Gasteiger partial charge in [-0.25, -0.2) is 0 Å². The number of anilines is 1. The van der Waals surface area contributed by atoms with Gasteiger partial charge in [0.1, 0.15) is 4.32 Å². The van der Waals surface area contributed by atoms with Gasteiger partial charge in [-0.15, -0.1) is 11.3 Å². The first kappa shape index (κ1) is 19.1. The van der Waals surface area contributed by atoms with Crippen molar-refractivity contribution in [3.8, 4) is 0 Å². The molecule has 0 radical (unpaired) electrons. The van der Waals surface area contributed by atoms with Gasteiger partial charge in [0.15, 0.2) is 0 Å². The minimum absolute atomic E-state index is 0.0973. The molecule has 1 aromatic heterocycles. The van der Waals surface area contributed by atoms with Crippen LogP contribution in [0, 0.1) is 0 Å². The van der Waals surface area contributed by atoms with Gasteiger partial charge in [0.25, 0.3) is 5.91 Å². The van der Waals surface area contributed by atoms with E-state index in [4.69, 9.17) is 23.8 Å². The number of nitrogens with one attached hydrogen (secondary N) is 1. The lowest BCUT2D eigenvalue weighted by Crippen LogP contribution is -2.29. The molecule has 1 aliphatic heterocycles. The Hall–Kier alpha value is -1.67. The SMILES string of the molecule is O=C(CCCN1C(=O)/C(=C\c2cccs2)SC1=S)Nc1ccccc1Cl. The highest BCUT2D eigenvalue weighted by Crippen LogP contribution is 2.33. The number of thioether (sulfide) groups is 1. The Morgan fingerprint density at radius 2 is 2.08 bits per heavy atom. The number of amides is 2. The topological polar surface area (TPSA) is 49.4 Å². The van der Waals surface area contributed by atoms with Gasteiger partial charge in [-0.05, 0) is 36.1 Å². The van der Waals surface area contributed by atoms with Crippen molar-refractivity contribution in [2.45, 2.75) is 12.8 Å². The van der Waals surface area contributed by atoms with Crippen LogP contribution in [0.4, 0.5) is 5.69 Å². The van der Waals surface area contributed by atoms with E-state index in [0.717, 1.165) is 4.88 Å². The van der Waals surface area contributed by atoms with E-state index in [9.17, 15) is 9.59 Å². The number of hydrogen-bond donors (Lipinski definition) is 1. The first-order valence-corrected chi connectivity index (χ1v) is 10.4.